The lowest BCUT2D eigenvalue weighted by Gasteiger charge is -2.31. The Kier molecular flexibility index (Phi) is 6.02. The zero-order chi connectivity index (χ0) is 11.3. The van der Waals surface area contributed by atoms with Crippen molar-refractivity contribution in [3.05, 3.63) is 0 Å². The van der Waals surface area contributed by atoms with Crippen molar-refractivity contribution in [2.75, 3.05) is 31.6 Å². The molecule has 1 heterocycles. The van der Waals surface area contributed by atoms with Gasteiger partial charge in [0.2, 0.25) is 0 Å². The summed E-state index contributed by atoms with van der Waals surface area (Å²) >= 11 is 2.09. The average Bonchev–Trinajstić information content (AvgIpc) is 2.69. The van der Waals surface area contributed by atoms with Crippen molar-refractivity contribution in [3.63, 3.8) is 0 Å². The summed E-state index contributed by atoms with van der Waals surface area (Å²) in [6.07, 6.45) is 2.64. The fourth-order valence-corrected chi connectivity index (χ4v) is 3.54. The third kappa shape index (κ3) is 4.33. The smallest absolute Gasteiger partial charge is 0.0251 e. The first-order valence-corrected chi connectivity index (χ1v) is 7.28. The third-order valence-corrected chi connectivity index (χ3v) is 4.56. The van der Waals surface area contributed by atoms with Crippen molar-refractivity contribution < 1.29 is 0 Å². The Balaban J connectivity index is 2.35. The van der Waals surface area contributed by atoms with Crippen LogP contribution >= 0.6 is 11.8 Å². The van der Waals surface area contributed by atoms with Crippen LogP contribution in [0.15, 0.2) is 0 Å². The minimum atomic E-state index is 0.610. The van der Waals surface area contributed by atoms with E-state index in [4.69, 9.17) is 5.73 Å². The van der Waals surface area contributed by atoms with E-state index in [2.05, 4.69) is 37.6 Å². The van der Waals surface area contributed by atoms with Crippen LogP contribution in [0.1, 0.15) is 26.7 Å². The predicted molar refractivity (Wildman–Crippen MR) is 70.4 cm³/mol. The maximum absolute atomic E-state index is 5.91. The van der Waals surface area contributed by atoms with Crippen molar-refractivity contribution in [2.45, 2.75) is 32.7 Å². The van der Waals surface area contributed by atoms with Gasteiger partial charge in [0.05, 0.1) is 0 Å². The normalized spacial score (nSPS) is 24.0. The Bertz CT molecular complexity index is 167. The average molecular weight is 230 g/mol. The first-order chi connectivity index (χ1) is 7.15. The van der Waals surface area contributed by atoms with Crippen molar-refractivity contribution in [3.8, 4) is 0 Å². The van der Waals surface area contributed by atoms with Gasteiger partial charge in [0.25, 0.3) is 0 Å². The van der Waals surface area contributed by atoms with Crippen LogP contribution in [0, 0.1) is 11.8 Å². The minimum Gasteiger partial charge on any atom is -0.329 e. The molecule has 3 heteroatoms. The standard InChI is InChI=1S/C12H26N2S/c1-10(2)4-6-14(3)12(8-13)11-5-7-15-9-11/h10-12H,4-9,13H2,1-3H3. The van der Waals surface area contributed by atoms with Crippen molar-refractivity contribution in [1.82, 2.24) is 4.90 Å². The van der Waals surface area contributed by atoms with Crippen molar-refractivity contribution >= 4 is 11.8 Å². The molecular formula is C12H26N2S. The van der Waals surface area contributed by atoms with E-state index in [-0.39, 0.29) is 0 Å². The monoisotopic (exact) mass is 230 g/mol. The molecule has 1 fully saturated rings. The van der Waals surface area contributed by atoms with E-state index in [1.165, 1.54) is 30.9 Å². The van der Waals surface area contributed by atoms with E-state index in [1.54, 1.807) is 0 Å². The van der Waals surface area contributed by atoms with Gasteiger partial charge >= 0.3 is 0 Å². The maximum atomic E-state index is 5.91. The van der Waals surface area contributed by atoms with Gasteiger partial charge in [-0.1, -0.05) is 13.8 Å². The lowest BCUT2D eigenvalue weighted by molar-refractivity contribution is 0.183. The molecule has 90 valence electrons. The van der Waals surface area contributed by atoms with Gasteiger partial charge in [-0.25, -0.2) is 0 Å². The number of likely N-dealkylation sites (N-methyl/N-ethyl adjacent to an activating group) is 1. The van der Waals surface area contributed by atoms with Crippen molar-refractivity contribution in [2.24, 2.45) is 17.6 Å². The lowest BCUT2D eigenvalue weighted by Crippen LogP contribution is -2.44. The fraction of sp³-hybridized carbons (Fsp3) is 1.00. The summed E-state index contributed by atoms with van der Waals surface area (Å²) in [5.74, 6) is 4.27. The van der Waals surface area contributed by atoms with Crippen LogP contribution in [0.2, 0.25) is 0 Å². The zero-order valence-corrected chi connectivity index (χ0v) is 11.2. The first-order valence-electron chi connectivity index (χ1n) is 6.13. The van der Waals surface area contributed by atoms with E-state index >= 15 is 0 Å². The highest BCUT2D eigenvalue weighted by atomic mass is 32.2. The maximum Gasteiger partial charge on any atom is 0.0251 e. The minimum absolute atomic E-state index is 0.610. The second-order valence-electron chi connectivity index (χ2n) is 5.09. The molecule has 0 aromatic heterocycles. The molecule has 0 aromatic rings. The summed E-state index contributed by atoms with van der Waals surface area (Å²) in [5.41, 5.74) is 5.91. The van der Waals surface area contributed by atoms with Crippen LogP contribution in [-0.4, -0.2) is 42.6 Å². The number of nitrogens with two attached hydrogens (primary N) is 1. The summed E-state index contributed by atoms with van der Waals surface area (Å²) in [4.78, 5) is 2.48. The van der Waals surface area contributed by atoms with Gasteiger partial charge < -0.3 is 10.6 Å². The van der Waals surface area contributed by atoms with Crippen LogP contribution < -0.4 is 5.73 Å². The van der Waals surface area contributed by atoms with Gasteiger partial charge in [0, 0.05) is 12.6 Å². The Morgan fingerprint density at radius 3 is 2.67 bits per heavy atom. The first kappa shape index (κ1) is 13.3. The summed E-state index contributed by atoms with van der Waals surface area (Å²) < 4.78 is 0. The molecule has 0 aromatic carbocycles. The summed E-state index contributed by atoms with van der Waals surface area (Å²) in [6, 6.07) is 0.610. The summed E-state index contributed by atoms with van der Waals surface area (Å²) in [6.45, 7) is 6.59. The molecule has 0 radical (unpaired) electrons. The number of rotatable bonds is 6. The second-order valence-corrected chi connectivity index (χ2v) is 6.24. The van der Waals surface area contributed by atoms with Gasteiger partial charge in [0.15, 0.2) is 0 Å². The predicted octanol–water partition coefficient (Wildman–Crippen LogP) is 2.04. The molecule has 1 rings (SSSR count). The second kappa shape index (κ2) is 6.77. The molecule has 1 saturated heterocycles. The van der Waals surface area contributed by atoms with Gasteiger partial charge in [-0.3, -0.25) is 0 Å². The van der Waals surface area contributed by atoms with Gasteiger partial charge in [-0.05, 0) is 49.8 Å². The molecule has 0 bridgehead atoms. The van der Waals surface area contributed by atoms with E-state index in [0.717, 1.165) is 18.4 Å². The number of hydrogen-bond acceptors (Lipinski definition) is 3. The summed E-state index contributed by atoms with van der Waals surface area (Å²) in [5, 5.41) is 0. The fourth-order valence-electron chi connectivity index (χ4n) is 2.22. The molecule has 0 aliphatic carbocycles. The molecule has 1 aliphatic heterocycles. The Labute approximate surface area is 99.0 Å². The van der Waals surface area contributed by atoms with E-state index < -0.39 is 0 Å². The van der Waals surface area contributed by atoms with Crippen LogP contribution in [0.4, 0.5) is 0 Å². The lowest BCUT2D eigenvalue weighted by atomic mass is 9.97. The number of thioether (sulfide) groups is 1. The molecule has 0 spiro atoms. The van der Waals surface area contributed by atoms with Crippen LogP contribution in [0.3, 0.4) is 0 Å². The molecule has 2 atom stereocenters. The van der Waals surface area contributed by atoms with E-state index in [1.807, 2.05) is 0 Å². The van der Waals surface area contributed by atoms with Crippen molar-refractivity contribution in [1.29, 1.82) is 0 Å². The number of hydrogen-bond donors (Lipinski definition) is 1. The number of nitrogens with zero attached hydrogens (tertiary/aromatic N) is 1. The Morgan fingerprint density at radius 2 is 2.20 bits per heavy atom. The molecule has 2 N–H and O–H groups in total. The molecule has 1 aliphatic rings. The molecule has 15 heavy (non-hydrogen) atoms. The SMILES string of the molecule is CC(C)CCN(C)C(CN)C1CCSC1. The van der Waals surface area contributed by atoms with Crippen LogP contribution in [0.5, 0.6) is 0 Å². The quantitative estimate of drug-likeness (QED) is 0.757. The highest BCUT2D eigenvalue weighted by Gasteiger charge is 2.27. The highest BCUT2D eigenvalue weighted by molar-refractivity contribution is 7.99. The third-order valence-electron chi connectivity index (χ3n) is 3.38. The van der Waals surface area contributed by atoms with E-state index in [9.17, 15) is 0 Å². The zero-order valence-electron chi connectivity index (χ0n) is 10.4. The van der Waals surface area contributed by atoms with Gasteiger partial charge in [-0.2, -0.15) is 11.8 Å². The van der Waals surface area contributed by atoms with Crippen LogP contribution in [-0.2, 0) is 0 Å². The molecule has 2 unspecified atom stereocenters. The van der Waals surface area contributed by atoms with Gasteiger partial charge in [-0.15, -0.1) is 0 Å². The Morgan fingerprint density at radius 1 is 1.47 bits per heavy atom. The topological polar surface area (TPSA) is 29.3 Å². The largest absolute Gasteiger partial charge is 0.329 e. The van der Waals surface area contributed by atoms with Crippen LogP contribution in [0.25, 0.3) is 0 Å². The van der Waals surface area contributed by atoms with Gasteiger partial charge in [0.1, 0.15) is 0 Å². The molecule has 0 saturated carbocycles. The molecular weight excluding hydrogens is 204 g/mol. The molecule has 2 nitrogen and oxygen atoms in total. The molecule has 0 amide bonds. The summed E-state index contributed by atoms with van der Waals surface area (Å²) in [7, 11) is 2.24. The Hall–Kier alpha value is 0.270. The highest BCUT2D eigenvalue weighted by Crippen LogP contribution is 2.28. The van der Waals surface area contributed by atoms with E-state index in [0.29, 0.717) is 6.04 Å².